The van der Waals surface area contributed by atoms with Crippen LogP contribution in [0.3, 0.4) is 0 Å². The molecule has 1 aliphatic rings. The molecule has 0 saturated carbocycles. The van der Waals surface area contributed by atoms with Gasteiger partial charge in [0.2, 0.25) is 11.7 Å². The summed E-state index contributed by atoms with van der Waals surface area (Å²) in [7, 11) is 2.07. The van der Waals surface area contributed by atoms with Crippen LogP contribution in [0.15, 0.2) is 22.7 Å². The Morgan fingerprint density at radius 1 is 1.29 bits per heavy atom. The lowest BCUT2D eigenvalue weighted by molar-refractivity contribution is 0.311. The minimum absolute atomic E-state index is 0.175. The second kappa shape index (κ2) is 5.79. The van der Waals surface area contributed by atoms with E-state index >= 15 is 0 Å². The predicted molar refractivity (Wildman–Crippen MR) is 77.3 cm³/mol. The maximum absolute atomic E-state index is 14.3. The summed E-state index contributed by atoms with van der Waals surface area (Å²) in [6, 6.07) is 5.02. The Morgan fingerprint density at radius 3 is 2.67 bits per heavy atom. The highest BCUT2D eigenvalue weighted by atomic mass is 19.1. The summed E-state index contributed by atoms with van der Waals surface area (Å²) in [6.45, 7) is 3.70. The molecule has 7 heteroatoms. The summed E-state index contributed by atoms with van der Waals surface area (Å²) in [5.74, 6) is 0.434. The molecule has 6 nitrogen and oxygen atoms in total. The first kappa shape index (κ1) is 14.0. The number of nitrogens with zero attached hydrogens (tertiary/aromatic N) is 4. The van der Waals surface area contributed by atoms with Crippen LogP contribution in [-0.4, -0.2) is 48.3 Å². The van der Waals surface area contributed by atoms with Gasteiger partial charge in [0.15, 0.2) is 0 Å². The molecule has 21 heavy (non-hydrogen) atoms. The molecule has 1 aliphatic heterocycles. The average Bonchev–Trinajstić information content (AvgIpc) is 2.97. The van der Waals surface area contributed by atoms with Crippen LogP contribution in [0.5, 0.6) is 0 Å². The first-order chi connectivity index (χ1) is 10.2. The van der Waals surface area contributed by atoms with E-state index in [4.69, 9.17) is 10.3 Å². The maximum atomic E-state index is 14.3. The van der Waals surface area contributed by atoms with E-state index in [0.717, 1.165) is 26.2 Å². The van der Waals surface area contributed by atoms with Gasteiger partial charge in [-0.1, -0.05) is 5.16 Å². The zero-order chi connectivity index (χ0) is 14.8. The topological polar surface area (TPSA) is 71.4 Å². The highest BCUT2D eigenvalue weighted by Crippen LogP contribution is 2.25. The van der Waals surface area contributed by atoms with Crippen molar-refractivity contribution in [3.63, 3.8) is 0 Å². The Labute approximate surface area is 122 Å². The summed E-state index contributed by atoms with van der Waals surface area (Å²) in [6.07, 6.45) is 0. The molecular weight excluding hydrogens is 273 g/mol. The third kappa shape index (κ3) is 2.88. The van der Waals surface area contributed by atoms with Crippen molar-refractivity contribution in [2.75, 3.05) is 38.1 Å². The largest absolute Gasteiger partial charge is 0.367 e. The van der Waals surface area contributed by atoms with Crippen molar-refractivity contribution in [2.24, 2.45) is 5.73 Å². The summed E-state index contributed by atoms with van der Waals surface area (Å²) in [5.41, 5.74) is 6.63. The highest BCUT2D eigenvalue weighted by Gasteiger charge is 2.18. The van der Waals surface area contributed by atoms with Crippen LogP contribution in [0.2, 0.25) is 0 Å². The minimum atomic E-state index is -0.267. The Morgan fingerprint density at radius 2 is 2.05 bits per heavy atom. The summed E-state index contributed by atoms with van der Waals surface area (Å²) in [4.78, 5) is 8.39. The molecule has 1 aromatic carbocycles. The molecule has 1 fully saturated rings. The number of nitrogens with two attached hydrogens (primary N) is 1. The van der Waals surface area contributed by atoms with Crippen LogP contribution in [0.1, 0.15) is 5.89 Å². The number of likely N-dealkylation sites (N-methyl/N-ethyl adjacent to an activating group) is 1. The number of hydrogen-bond donors (Lipinski definition) is 1. The third-order valence-corrected chi connectivity index (χ3v) is 3.69. The highest BCUT2D eigenvalue weighted by molar-refractivity contribution is 5.61. The first-order valence-corrected chi connectivity index (χ1v) is 6.93. The smallest absolute Gasteiger partial charge is 0.240 e. The molecule has 0 atom stereocenters. The van der Waals surface area contributed by atoms with E-state index in [2.05, 4.69) is 27.0 Å². The van der Waals surface area contributed by atoms with Gasteiger partial charge in [-0.15, -0.1) is 0 Å². The zero-order valence-electron chi connectivity index (χ0n) is 11.9. The van der Waals surface area contributed by atoms with Crippen molar-refractivity contribution < 1.29 is 8.91 Å². The lowest BCUT2D eigenvalue weighted by atomic mass is 10.1. The van der Waals surface area contributed by atoms with Crippen molar-refractivity contribution in [3.8, 4) is 11.4 Å². The van der Waals surface area contributed by atoms with Crippen molar-refractivity contribution >= 4 is 5.69 Å². The second-order valence-corrected chi connectivity index (χ2v) is 5.17. The Balaban J connectivity index is 1.82. The lowest BCUT2D eigenvalue weighted by Gasteiger charge is -2.34. The first-order valence-electron chi connectivity index (χ1n) is 6.93. The quantitative estimate of drug-likeness (QED) is 0.912. The van der Waals surface area contributed by atoms with E-state index in [1.807, 2.05) is 6.07 Å². The van der Waals surface area contributed by atoms with Gasteiger partial charge in [0.05, 0.1) is 12.2 Å². The van der Waals surface area contributed by atoms with Crippen LogP contribution in [0.25, 0.3) is 11.4 Å². The van der Waals surface area contributed by atoms with Crippen molar-refractivity contribution in [2.45, 2.75) is 6.54 Å². The summed E-state index contributed by atoms with van der Waals surface area (Å²) in [5, 5.41) is 3.80. The third-order valence-electron chi connectivity index (χ3n) is 3.69. The fourth-order valence-corrected chi connectivity index (χ4v) is 2.40. The fourth-order valence-electron chi connectivity index (χ4n) is 2.40. The van der Waals surface area contributed by atoms with E-state index in [0.29, 0.717) is 23.0 Å². The van der Waals surface area contributed by atoms with Gasteiger partial charge in [0, 0.05) is 31.7 Å². The SMILES string of the molecule is CN1CCN(c2ccc(-c3noc(CN)n3)cc2F)CC1. The molecule has 0 unspecified atom stereocenters. The van der Waals surface area contributed by atoms with Gasteiger partial charge in [0.25, 0.3) is 0 Å². The van der Waals surface area contributed by atoms with Gasteiger partial charge in [-0.2, -0.15) is 4.98 Å². The lowest BCUT2D eigenvalue weighted by Crippen LogP contribution is -2.44. The second-order valence-electron chi connectivity index (χ2n) is 5.17. The molecule has 2 N–H and O–H groups in total. The van der Waals surface area contributed by atoms with Crippen LogP contribution in [0.4, 0.5) is 10.1 Å². The van der Waals surface area contributed by atoms with Crippen LogP contribution >= 0.6 is 0 Å². The molecule has 1 saturated heterocycles. The molecule has 112 valence electrons. The maximum Gasteiger partial charge on any atom is 0.240 e. The molecule has 0 radical (unpaired) electrons. The number of anilines is 1. The number of hydrogen-bond acceptors (Lipinski definition) is 6. The van der Waals surface area contributed by atoms with Gasteiger partial charge in [0.1, 0.15) is 5.82 Å². The molecule has 3 rings (SSSR count). The standard InChI is InChI=1S/C14H18FN5O/c1-19-4-6-20(7-5-19)12-3-2-10(8-11(12)15)14-17-13(9-16)21-18-14/h2-3,8H,4-7,9,16H2,1H3. The molecule has 0 aliphatic carbocycles. The summed E-state index contributed by atoms with van der Waals surface area (Å²) < 4.78 is 19.3. The number of benzene rings is 1. The van der Waals surface area contributed by atoms with E-state index in [1.54, 1.807) is 6.07 Å². The molecule has 2 heterocycles. The van der Waals surface area contributed by atoms with E-state index in [-0.39, 0.29) is 12.4 Å². The number of aromatic nitrogens is 2. The summed E-state index contributed by atoms with van der Waals surface area (Å²) >= 11 is 0. The Kier molecular flexibility index (Phi) is 3.85. The molecule has 0 amide bonds. The molecule has 0 bridgehead atoms. The monoisotopic (exact) mass is 291 g/mol. The average molecular weight is 291 g/mol. The van der Waals surface area contributed by atoms with Crippen molar-refractivity contribution in [1.29, 1.82) is 0 Å². The molecule has 1 aromatic heterocycles. The number of rotatable bonds is 3. The van der Waals surface area contributed by atoms with Gasteiger partial charge in [-0.05, 0) is 25.2 Å². The number of halogens is 1. The Hall–Kier alpha value is -1.99. The number of piperazine rings is 1. The fraction of sp³-hybridized carbons (Fsp3) is 0.429. The van der Waals surface area contributed by atoms with E-state index in [9.17, 15) is 4.39 Å². The van der Waals surface area contributed by atoms with Crippen LogP contribution in [0, 0.1) is 5.82 Å². The van der Waals surface area contributed by atoms with Gasteiger partial charge < -0.3 is 20.1 Å². The van der Waals surface area contributed by atoms with Crippen molar-refractivity contribution in [3.05, 3.63) is 29.9 Å². The van der Waals surface area contributed by atoms with E-state index < -0.39 is 0 Å². The van der Waals surface area contributed by atoms with Crippen molar-refractivity contribution in [1.82, 2.24) is 15.0 Å². The normalized spacial score (nSPS) is 16.4. The zero-order valence-corrected chi connectivity index (χ0v) is 11.9. The van der Waals surface area contributed by atoms with Gasteiger partial charge in [-0.25, -0.2) is 4.39 Å². The molecule has 0 spiro atoms. The van der Waals surface area contributed by atoms with Crippen LogP contribution in [-0.2, 0) is 6.54 Å². The van der Waals surface area contributed by atoms with Gasteiger partial charge in [-0.3, -0.25) is 0 Å². The van der Waals surface area contributed by atoms with Crippen LogP contribution < -0.4 is 10.6 Å². The van der Waals surface area contributed by atoms with Gasteiger partial charge >= 0.3 is 0 Å². The minimum Gasteiger partial charge on any atom is -0.367 e. The molecule has 2 aromatic rings. The molecular formula is C14H18FN5O. The predicted octanol–water partition coefficient (Wildman–Crippen LogP) is 1.09. The van der Waals surface area contributed by atoms with E-state index in [1.165, 1.54) is 6.07 Å². The Bertz CT molecular complexity index is 622.